The van der Waals surface area contributed by atoms with Crippen LogP contribution in [-0.2, 0) is 0 Å². The Bertz CT molecular complexity index is 508. The van der Waals surface area contributed by atoms with E-state index in [0.29, 0.717) is 22.5 Å². The minimum absolute atomic E-state index is 0. The van der Waals surface area contributed by atoms with E-state index in [1.807, 2.05) is 6.07 Å². The van der Waals surface area contributed by atoms with Crippen LogP contribution >= 0.6 is 15.9 Å². The molecule has 19 heavy (non-hydrogen) atoms. The van der Waals surface area contributed by atoms with Gasteiger partial charge < -0.3 is 5.11 Å². The first-order chi connectivity index (χ1) is 8.72. The predicted molar refractivity (Wildman–Crippen MR) is 75.3 cm³/mol. The van der Waals surface area contributed by atoms with Crippen LogP contribution in [0.2, 0.25) is 0 Å². The molecule has 0 aliphatic heterocycles. The van der Waals surface area contributed by atoms with E-state index < -0.39 is 6.10 Å². The summed E-state index contributed by atoms with van der Waals surface area (Å²) < 4.78 is 0.681. The fourth-order valence-corrected chi connectivity index (χ4v) is 2.03. The maximum absolute atomic E-state index is 10.2. The summed E-state index contributed by atoms with van der Waals surface area (Å²) in [4.78, 5) is 4.33. The van der Waals surface area contributed by atoms with Crippen LogP contribution in [0.5, 0.6) is 0 Å². The van der Waals surface area contributed by atoms with Gasteiger partial charge in [-0.25, -0.2) is 10.1 Å². The van der Waals surface area contributed by atoms with E-state index >= 15 is 0 Å². The molecule has 0 fully saturated rings. The van der Waals surface area contributed by atoms with Gasteiger partial charge in [-0.05, 0) is 38.8 Å². The Morgan fingerprint density at radius 1 is 1.42 bits per heavy atom. The molecule has 2 rings (SSSR count). The molecule has 0 aliphatic carbocycles. The molecule has 1 radical (unpaired) electrons. The topological polar surface area (TPSA) is 87.6 Å². The van der Waals surface area contributed by atoms with Crippen LogP contribution in [-0.4, -0.2) is 49.6 Å². The molecule has 8 heteroatoms. The molecular formula is C11H14BrLiN5O. The Labute approximate surface area is 131 Å². The monoisotopic (exact) mass is 318 g/mol. The summed E-state index contributed by atoms with van der Waals surface area (Å²) in [6.45, 7) is 2.09. The number of unbranched alkanes of at least 4 members (excludes halogenated alkanes) is 1. The van der Waals surface area contributed by atoms with Crippen molar-refractivity contribution in [3.05, 3.63) is 22.3 Å². The molecule has 0 amide bonds. The zero-order valence-electron chi connectivity index (χ0n) is 11.0. The second-order valence-corrected chi connectivity index (χ2v) is 4.79. The number of tetrazole rings is 1. The molecule has 0 spiro atoms. The van der Waals surface area contributed by atoms with Crippen molar-refractivity contribution in [3.63, 3.8) is 0 Å². The third-order valence-corrected chi connectivity index (χ3v) is 3.09. The summed E-state index contributed by atoms with van der Waals surface area (Å²) in [5.41, 5.74) is 1.32. The molecule has 97 valence electrons. The predicted octanol–water partition coefficient (Wildman–Crippen LogP) is 1.87. The summed E-state index contributed by atoms with van der Waals surface area (Å²) in [6, 6.07) is 3.65. The van der Waals surface area contributed by atoms with Gasteiger partial charge >= 0.3 is 0 Å². The molecule has 2 aromatic rings. The van der Waals surface area contributed by atoms with Crippen molar-refractivity contribution in [2.75, 3.05) is 0 Å². The molecule has 2 heterocycles. The van der Waals surface area contributed by atoms with Crippen molar-refractivity contribution in [2.24, 2.45) is 0 Å². The van der Waals surface area contributed by atoms with E-state index in [9.17, 15) is 5.11 Å². The van der Waals surface area contributed by atoms with Crippen molar-refractivity contribution in [1.82, 2.24) is 25.6 Å². The van der Waals surface area contributed by atoms with Gasteiger partial charge in [-0.1, -0.05) is 25.8 Å². The van der Waals surface area contributed by atoms with Gasteiger partial charge in [0.1, 0.15) is 10.3 Å². The van der Waals surface area contributed by atoms with Crippen LogP contribution in [0.15, 0.2) is 16.7 Å². The van der Waals surface area contributed by atoms with Crippen molar-refractivity contribution in [2.45, 2.75) is 32.3 Å². The standard InChI is InChI=1S/C11H14BrN5O.Li/c1-2-3-4-8(18)7-5-6-9(12)13-10(7)11-14-16-17-15-11;/h5-6,8,18H,2-4H2,1H3,(H,14,15,16,17);. The maximum atomic E-state index is 10.2. The molecule has 0 saturated heterocycles. The van der Waals surface area contributed by atoms with Gasteiger partial charge in [0, 0.05) is 24.4 Å². The van der Waals surface area contributed by atoms with Crippen LogP contribution in [0.25, 0.3) is 11.5 Å². The number of halogens is 1. The van der Waals surface area contributed by atoms with E-state index in [4.69, 9.17) is 0 Å². The van der Waals surface area contributed by atoms with E-state index in [-0.39, 0.29) is 18.9 Å². The Kier molecular flexibility index (Phi) is 6.65. The van der Waals surface area contributed by atoms with E-state index in [2.05, 4.69) is 48.5 Å². The van der Waals surface area contributed by atoms with Gasteiger partial charge in [0.05, 0.1) is 6.10 Å². The number of pyridine rings is 1. The van der Waals surface area contributed by atoms with E-state index in [1.165, 1.54) is 0 Å². The summed E-state index contributed by atoms with van der Waals surface area (Å²) in [5, 5.41) is 23.8. The largest absolute Gasteiger partial charge is 0.388 e. The van der Waals surface area contributed by atoms with Gasteiger partial charge in [0.25, 0.3) is 0 Å². The van der Waals surface area contributed by atoms with Crippen LogP contribution in [0, 0.1) is 0 Å². The first kappa shape index (κ1) is 16.3. The number of rotatable bonds is 5. The molecule has 1 atom stereocenters. The maximum Gasteiger partial charge on any atom is 0.198 e. The molecule has 0 saturated carbocycles. The molecule has 0 aliphatic rings. The van der Waals surface area contributed by atoms with Gasteiger partial charge in [0.2, 0.25) is 0 Å². The van der Waals surface area contributed by atoms with Crippen LogP contribution in [0.3, 0.4) is 0 Å². The summed E-state index contributed by atoms with van der Waals surface area (Å²) in [6.07, 6.45) is 2.16. The summed E-state index contributed by atoms with van der Waals surface area (Å²) >= 11 is 3.31. The zero-order chi connectivity index (χ0) is 13.0. The number of H-pyrrole nitrogens is 1. The molecular weight excluding hydrogens is 305 g/mol. The number of aliphatic hydroxyl groups excluding tert-OH is 1. The van der Waals surface area contributed by atoms with Gasteiger partial charge in [-0.15, -0.1) is 5.10 Å². The van der Waals surface area contributed by atoms with Crippen LogP contribution in [0.4, 0.5) is 0 Å². The average Bonchev–Trinajstić information content (AvgIpc) is 2.89. The fraction of sp³-hybridized carbons (Fsp3) is 0.455. The molecule has 0 bridgehead atoms. The number of nitrogens with one attached hydrogen (secondary N) is 1. The Morgan fingerprint density at radius 2 is 2.21 bits per heavy atom. The summed E-state index contributed by atoms with van der Waals surface area (Å²) in [5.74, 6) is 0.460. The van der Waals surface area contributed by atoms with Crippen molar-refractivity contribution < 1.29 is 5.11 Å². The smallest absolute Gasteiger partial charge is 0.198 e. The molecule has 2 aromatic heterocycles. The first-order valence-corrected chi connectivity index (χ1v) is 6.60. The molecule has 2 N–H and O–H groups in total. The second-order valence-electron chi connectivity index (χ2n) is 3.98. The molecule has 0 aromatic carbocycles. The van der Waals surface area contributed by atoms with Gasteiger partial charge in [0.15, 0.2) is 5.82 Å². The normalized spacial score (nSPS) is 11.9. The Morgan fingerprint density at radius 3 is 2.84 bits per heavy atom. The number of hydrogen-bond acceptors (Lipinski definition) is 5. The Balaban J connectivity index is 0.00000180. The zero-order valence-corrected chi connectivity index (χ0v) is 12.6. The third-order valence-electron chi connectivity index (χ3n) is 2.65. The Hall–Kier alpha value is -0.743. The average molecular weight is 319 g/mol. The number of aromatic nitrogens is 5. The van der Waals surface area contributed by atoms with E-state index in [0.717, 1.165) is 18.4 Å². The summed E-state index contributed by atoms with van der Waals surface area (Å²) in [7, 11) is 0. The van der Waals surface area contributed by atoms with Crippen molar-refractivity contribution in [1.29, 1.82) is 0 Å². The third kappa shape index (κ3) is 4.11. The number of nitrogens with zero attached hydrogens (tertiary/aromatic N) is 4. The van der Waals surface area contributed by atoms with E-state index in [1.54, 1.807) is 6.07 Å². The van der Waals surface area contributed by atoms with Crippen LogP contribution < -0.4 is 0 Å². The minimum atomic E-state index is -0.550. The SMILES string of the molecule is CCCCC(O)c1ccc(Br)nc1-c1nnn[nH]1.[Li]. The minimum Gasteiger partial charge on any atom is -0.388 e. The first-order valence-electron chi connectivity index (χ1n) is 5.81. The number of aromatic amines is 1. The quantitative estimate of drug-likeness (QED) is 0.649. The molecule has 1 unspecified atom stereocenters. The number of aliphatic hydroxyl groups is 1. The van der Waals surface area contributed by atoms with Crippen molar-refractivity contribution >= 4 is 34.8 Å². The van der Waals surface area contributed by atoms with Gasteiger partial charge in [-0.3, -0.25) is 0 Å². The molecule has 6 nitrogen and oxygen atoms in total. The van der Waals surface area contributed by atoms with Crippen molar-refractivity contribution in [3.8, 4) is 11.5 Å². The number of hydrogen-bond donors (Lipinski definition) is 2. The van der Waals surface area contributed by atoms with Crippen LogP contribution in [0.1, 0.15) is 37.9 Å². The van der Waals surface area contributed by atoms with Gasteiger partial charge in [-0.2, -0.15) is 0 Å². The fourth-order valence-electron chi connectivity index (χ4n) is 1.72. The second kappa shape index (κ2) is 7.75.